The van der Waals surface area contributed by atoms with E-state index in [4.69, 9.17) is 11.6 Å². The first-order chi connectivity index (χ1) is 10.6. The Hall–Kier alpha value is -1.87. The lowest BCUT2D eigenvalue weighted by Gasteiger charge is -2.25. The smallest absolute Gasteiger partial charge is 0.227 e. The molecule has 22 heavy (non-hydrogen) atoms. The zero-order valence-electron chi connectivity index (χ0n) is 12.6. The fraction of sp³-hybridized carbons (Fsp3) is 0.333. The molecule has 1 atom stereocenters. The van der Waals surface area contributed by atoms with Crippen LogP contribution in [0.2, 0.25) is 5.02 Å². The molecule has 1 saturated heterocycles. The molecule has 1 aliphatic heterocycles. The molecule has 1 aromatic carbocycles. The molecule has 1 amide bonds. The number of benzene rings is 1. The maximum Gasteiger partial charge on any atom is 0.227 e. The quantitative estimate of drug-likeness (QED) is 0.859. The molecule has 0 aliphatic carbocycles. The summed E-state index contributed by atoms with van der Waals surface area (Å²) in [5.74, 6) is 0.165. The van der Waals surface area contributed by atoms with E-state index in [9.17, 15) is 4.79 Å². The Morgan fingerprint density at radius 3 is 3.05 bits per heavy atom. The maximum absolute atomic E-state index is 12.7. The molecule has 1 unspecified atom stereocenters. The van der Waals surface area contributed by atoms with Crippen LogP contribution < -0.4 is 0 Å². The van der Waals surface area contributed by atoms with Gasteiger partial charge in [-0.25, -0.2) is 0 Å². The highest BCUT2D eigenvalue weighted by molar-refractivity contribution is 6.30. The number of aryl methyl sites for hydroxylation is 1. The van der Waals surface area contributed by atoms with Gasteiger partial charge in [0.15, 0.2) is 0 Å². The molecule has 1 fully saturated rings. The molecule has 0 bridgehead atoms. The van der Waals surface area contributed by atoms with E-state index in [2.05, 4.69) is 11.1 Å². The first-order valence-corrected chi connectivity index (χ1v) is 7.97. The second-order valence-corrected chi connectivity index (χ2v) is 6.22. The van der Waals surface area contributed by atoms with Gasteiger partial charge in [-0.3, -0.25) is 9.78 Å². The van der Waals surface area contributed by atoms with Crippen molar-refractivity contribution in [3.63, 3.8) is 0 Å². The predicted molar refractivity (Wildman–Crippen MR) is 87.8 cm³/mol. The molecule has 0 spiro atoms. The van der Waals surface area contributed by atoms with Crippen molar-refractivity contribution in [1.82, 2.24) is 9.88 Å². The molecule has 4 heteroatoms. The normalized spacial score (nSPS) is 17.7. The van der Waals surface area contributed by atoms with Crippen molar-refractivity contribution < 1.29 is 4.79 Å². The Morgan fingerprint density at radius 1 is 1.41 bits per heavy atom. The molecule has 0 N–H and O–H groups in total. The van der Waals surface area contributed by atoms with Gasteiger partial charge in [-0.1, -0.05) is 23.7 Å². The number of aromatic nitrogens is 1. The third-order valence-electron chi connectivity index (χ3n) is 4.30. The lowest BCUT2D eigenvalue weighted by Crippen LogP contribution is -2.32. The highest BCUT2D eigenvalue weighted by Gasteiger charge is 2.30. The first-order valence-electron chi connectivity index (χ1n) is 7.59. The minimum atomic E-state index is 0.142. The van der Waals surface area contributed by atoms with E-state index in [0.717, 1.165) is 41.1 Å². The number of likely N-dealkylation sites (tertiary alicyclic amines) is 1. The highest BCUT2D eigenvalue weighted by Crippen LogP contribution is 2.33. The van der Waals surface area contributed by atoms with Gasteiger partial charge in [0.05, 0.1) is 12.5 Å². The fourth-order valence-corrected chi connectivity index (χ4v) is 3.27. The molecule has 0 radical (unpaired) electrons. The molecule has 2 aromatic rings. The predicted octanol–water partition coefficient (Wildman–Crippen LogP) is 3.95. The van der Waals surface area contributed by atoms with Gasteiger partial charge in [0.2, 0.25) is 5.91 Å². The van der Waals surface area contributed by atoms with Crippen LogP contribution in [0.25, 0.3) is 0 Å². The van der Waals surface area contributed by atoms with Crippen molar-refractivity contribution in [2.75, 3.05) is 6.54 Å². The van der Waals surface area contributed by atoms with Gasteiger partial charge >= 0.3 is 0 Å². The summed E-state index contributed by atoms with van der Waals surface area (Å²) < 4.78 is 0. The largest absolute Gasteiger partial charge is 0.335 e. The molecule has 0 saturated carbocycles. The van der Waals surface area contributed by atoms with Crippen LogP contribution in [0.4, 0.5) is 0 Å². The molecule has 3 nitrogen and oxygen atoms in total. The van der Waals surface area contributed by atoms with Gasteiger partial charge in [-0.05, 0) is 54.7 Å². The minimum absolute atomic E-state index is 0.142. The number of nitrogens with zero attached hydrogens (tertiary/aromatic N) is 2. The van der Waals surface area contributed by atoms with Crippen LogP contribution in [-0.2, 0) is 11.2 Å². The van der Waals surface area contributed by atoms with Gasteiger partial charge in [0.25, 0.3) is 0 Å². The number of carbonyl (C=O) groups is 1. The van der Waals surface area contributed by atoms with Gasteiger partial charge in [-0.15, -0.1) is 0 Å². The van der Waals surface area contributed by atoms with Crippen LogP contribution in [-0.4, -0.2) is 22.3 Å². The number of carbonyl (C=O) groups excluding carboxylic acids is 1. The molecule has 1 aliphatic rings. The van der Waals surface area contributed by atoms with E-state index in [1.807, 2.05) is 36.1 Å². The summed E-state index contributed by atoms with van der Waals surface area (Å²) in [5, 5.41) is 0.722. The second-order valence-electron chi connectivity index (χ2n) is 5.78. The minimum Gasteiger partial charge on any atom is -0.335 e. The molecule has 114 valence electrons. The van der Waals surface area contributed by atoms with Crippen LogP contribution in [0.1, 0.15) is 35.6 Å². The van der Waals surface area contributed by atoms with Crippen LogP contribution in [0, 0.1) is 6.92 Å². The van der Waals surface area contributed by atoms with E-state index in [1.165, 1.54) is 0 Å². The molecule has 1 aromatic heterocycles. The summed E-state index contributed by atoms with van der Waals surface area (Å²) >= 11 is 6.09. The summed E-state index contributed by atoms with van der Waals surface area (Å²) in [6.45, 7) is 2.83. The zero-order chi connectivity index (χ0) is 15.5. The summed E-state index contributed by atoms with van der Waals surface area (Å²) in [4.78, 5) is 18.8. The van der Waals surface area contributed by atoms with E-state index >= 15 is 0 Å². The van der Waals surface area contributed by atoms with Crippen LogP contribution in [0.15, 0.2) is 42.7 Å². The average molecular weight is 315 g/mol. The Morgan fingerprint density at radius 2 is 2.27 bits per heavy atom. The lowest BCUT2D eigenvalue weighted by molar-refractivity contribution is -0.131. The number of hydrogen-bond acceptors (Lipinski definition) is 2. The van der Waals surface area contributed by atoms with Crippen molar-refractivity contribution in [3.05, 3.63) is 64.4 Å². The first kappa shape index (κ1) is 15.0. The molecular weight excluding hydrogens is 296 g/mol. The molecule has 3 rings (SSSR count). The van der Waals surface area contributed by atoms with Gasteiger partial charge in [0.1, 0.15) is 0 Å². The third kappa shape index (κ3) is 3.14. The second kappa shape index (κ2) is 6.49. The average Bonchev–Trinajstić information content (AvgIpc) is 2.99. The van der Waals surface area contributed by atoms with E-state index in [0.29, 0.717) is 6.42 Å². The topological polar surface area (TPSA) is 33.2 Å². The van der Waals surface area contributed by atoms with Gasteiger partial charge < -0.3 is 4.90 Å². The van der Waals surface area contributed by atoms with Crippen LogP contribution in [0.3, 0.4) is 0 Å². The Kier molecular flexibility index (Phi) is 4.44. The summed E-state index contributed by atoms with van der Waals surface area (Å²) in [7, 11) is 0. The molecular formula is C18H19ClN2O. The number of hydrogen-bond donors (Lipinski definition) is 0. The number of pyridine rings is 1. The van der Waals surface area contributed by atoms with Crippen molar-refractivity contribution >= 4 is 17.5 Å². The molecule has 2 heterocycles. The Balaban J connectivity index is 1.78. The fourth-order valence-electron chi connectivity index (χ4n) is 3.07. The Bertz CT molecular complexity index is 686. The maximum atomic E-state index is 12.7. The number of rotatable bonds is 3. The summed E-state index contributed by atoms with van der Waals surface area (Å²) in [6.07, 6.45) is 6.00. The third-order valence-corrected chi connectivity index (χ3v) is 4.53. The van der Waals surface area contributed by atoms with Crippen LogP contribution in [0.5, 0.6) is 0 Å². The summed E-state index contributed by atoms with van der Waals surface area (Å²) in [6, 6.07) is 9.92. The van der Waals surface area contributed by atoms with E-state index in [1.54, 1.807) is 12.4 Å². The van der Waals surface area contributed by atoms with Crippen molar-refractivity contribution in [2.24, 2.45) is 0 Å². The monoisotopic (exact) mass is 314 g/mol. The van der Waals surface area contributed by atoms with E-state index in [-0.39, 0.29) is 11.9 Å². The van der Waals surface area contributed by atoms with Crippen molar-refractivity contribution in [1.29, 1.82) is 0 Å². The van der Waals surface area contributed by atoms with Gasteiger partial charge in [-0.2, -0.15) is 0 Å². The van der Waals surface area contributed by atoms with Crippen LogP contribution >= 0.6 is 11.6 Å². The lowest BCUT2D eigenvalue weighted by atomic mass is 10.0. The number of halogens is 1. The van der Waals surface area contributed by atoms with Gasteiger partial charge in [0, 0.05) is 24.0 Å². The SMILES string of the molecule is Cc1ccncc1CC(=O)N1CCCC1c1cccc(Cl)c1. The number of amides is 1. The Labute approximate surface area is 135 Å². The standard InChI is InChI=1S/C18H19ClN2O/c1-13-7-8-20-12-15(13)11-18(22)21-9-3-6-17(21)14-4-2-5-16(19)10-14/h2,4-5,7-8,10,12,17H,3,6,9,11H2,1H3. The summed E-state index contributed by atoms with van der Waals surface area (Å²) in [5.41, 5.74) is 3.24. The van der Waals surface area contributed by atoms with E-state index < -0.39 is 0 Å². The zero-order valence-corrected chi connectivity index (χ0v) is 13.4. The van der Waals surface area contributed by atoms with Crippen molar-refractivity contribution in [2.45, 2.75) is 32.2 Å². The van der Waals surface area contributed by atoms with Crippen molar-refractivity contribution in [3.8, 4) is 0 Å². The highest BCUT2D eigenvalue weighted by atomic mass is 35.5.